The number of sulfone groups is 1. The molecule has 0 aliphatic carbocycles. The molecule has 2 aromatic carbocycles. The molecule has 1 N–H and O–H groups in total. The van der Waals surface area contributed by atoms with E-state index in [9.17, 15) is 13.2 Å². The highest BCUT2D eigenvalue weighted by atomic mass is 32.2. The Morgan fingerprint density at radius 2 is 1.59 bits per heavy atom. The van der Waals surface area contributed by atoms with Gasteiger partial charge in [0.05, 0.1) is 4.90 Å². The van der Waals surface area contributed by atoms with Crippen LogP contribution in [0.4, 0.5) is 5.69 Å². The second-order valence-electron chi connectivity index (χ2n) is 5.52. The third-order valence-electron chi connectivity index (χ3n) is 3.52. The number of hydrogen-bond donors (Lipinski definition) is 1. The Morgan fingerprint density at radius 1 is 0.955 bits per heavy atom. The molecule has 0 aliphatic heterocycles. The molecule has 0 fully saturated rings. The minimum absolute atomic E-state index is 0.143. The average molecular weight is 317 g/mol. The van der Waals surface area contributed by atoms with Gasteiger partial charge in [-0.1, -0.05) is 18.2 Å². The number of carbonyl (C=O) groups is 1. The van der Waals surface area contributed by atoms with Crippen molar-refractivity contribution in [1.82, 2.24) is 0 Å². The largest absolute Gasteiger partial charge is 0.322 e. The van der Waals surface area contributed by atoms with E-state index in [0.29, 0.717) is 5.56 Å². The second kappa shape index (κ2) is 5.93. The minimum atomic E-state index is -3.34. The van der Waals surface area contributed by atoms with Gasteiger partial charge in [-0.15, -0.1) is 0 Å². The van der Waals surface area contributed by atoms with E-state index in [2.05, 4.69) is 5.32 Å². The first-order valence-electron chi connectivity index (χ1n) is 6.88. The lowest BCUT2D eigenvalue weighted by molar-refractivity contribution is 0.102. The van der Waals surface area contributed by atoms with Crippen molar-refractivity contribution in [3.05, 3.63) is 58.7 Å². The summed E-state index contributed by atoms with van der Waals surface area (Å²) in [6, 6.07) is 10.4. The zero-order chi connectivity index (χ0) is 16.5. The van der Waals surface area contributed by atoms with Gasteiger partial charge >= 0.3 is 0 Å². The maximum Gasteiger partial charge on any atom is 0.255 e. The van der Waals surface area contributed by atoms with Crippen molar-refractivity contribution in [2.24, 2.45) is 0 Å². The number of hydrogen-bond acceptors (Lipinski definition) is 3. The first-order valence-corrected chi connectivity index (χ1v) is 8.77. The lowest BCUT2D eigenvalue weighted by Crippen LogP contribution is -2.15. The molecule has 1 amide bonds. The third-order valence-corrected chi connectivity index (χ3v) is 4.63. The molecule has 2 rings (SSSR count). The summed E-state index contributed by atoms with van der Waals surface area (Å²) in [5.41, 5.74) is 3.83. The summed E-state index contributed by atoms with van der Waals surface area (Å²) in [5.74, 6) is -0.309. The summed E-state index contributed by atoms with van der Waals surface area (Å²) in [6.45, 7) is 5.64. The molecule has 5 heteroatoms. The number of benzene rings is 2. The van der Waals surface area contributed by atoms with Gasteiger partial charge in [0.25, 0.3) is 5.91 Å². The van der Waals surface area contributed by atoms with E-state index in [1.807, 2.05) is 32.0 Å². The van der Waals surface area contributed by atoms with Crippen LogP contribution in [0.25, 0.3) is 0 Å². The summed E-state index contributed by atoms with van der Waals surface area (Å²) in [4.78, 5) is 12.6. The van der Waals surface area contributed by atoms with Gasteiger partial charge in [0.2, 0.25) is 0 Å². The van der Waals surface area contributed by atoms with Crippen LogP contribution < -0.4 is 5.32 Å². The number of nitrogens with one attached hydrogen (secondary N) is 1. The molecule has 2 aromatic rings. The molecule has 0 radical (unpaired) electrons. The van der Waals surface area contributed by atoms with Crippen LogP contribution in [0, 0.1) is 20.8 Å². The lowest BCUT2D eigenvalue weighted by Gasteiger charge is -2.12. The van der Waals surface area contributed by atoms with E-state index in [0.717, 1.165) is 28.6 Å². The van der Waals surface area contributed by atoms with E-state index in [1.54, 1.807) is 13.0 Å². The van der Waals surface area contributed by atoms with Crippen molar-refractivity contribution in [3.8, 4) is 0 Å². The van der Waals surface area contributed by atoms with Crippen LogP contribution in [0.2, 0.25) is 0 Å². The molecule has 0 atom stereocenters. The molecule has 0 unspecified atom stereocenters. The highest BCUT2D eigenvalue weighted by Gasteiger charge is 2.15. The van der Waals surface area contributed by atoms with Gasteiger partial charge in [0, 0.05) is 17.5 Å². The average Bonchev–Trinajstić information content (AvgIpc) is 2.42. The second-order valence-corrected chi connectivity index (χ2v) is 7.54. The minimum Gasteiger partial charge on any atom is -0.322 e. The Hall–Kier alpha value is -2.14. The van der Waals surface area contributed by atoms with Crippen LogP contribution in [0.3, 0.4) is 0 Å². The molecule has 0 aliphatic rings. The predicted octanol–water partition coefficient (Wildman–Crippen LogP) is 3.27. The summed E-state index contributed by atoms with van der Waals surface area (Å²) in [6.07, 6.45) is 1.13. The van der Waals surface area contributed by atoms with Crippen molar-refractivity contribution in [2.45, 2.75) is 25.7 Å². The van der Waals surface area contributed by atoms with Crippen LogP contribution in [-0.4, -0.2) is 20.6 Å². The predicted molar refractivity (Wildman–Crippen MR) is 88.2 cm³/mol. The van der Waals surface area contributed by atoms with Crippen LogP contribution >= 0.6 is 0 Å². The molecule has 0 aromatic heterocycles. The van der Waals surface area contributed by atoms with Gasteiger partial charge in [-0.05, 0) is 55.7 Å². The van der Waals surface area contributed by atoms with Gasteiger partial charge in [-0.2, -0.15) is 0 Å². The van der Waals surface area contributed by atoms with E-state index >= 15 is 0 Å². The maximum absolute atomic E-state index is 12.5. The molecule has 0 bridgehead atoms. The fourth-order valence-electron chi connectivity index (χ4n) is 2.14. The zero-order valence-electron chi connectivity index (χ0n) is 13.1. The topological polar surface area (TPSA) is 63.2 Å². The summed E-state index contributed by atoms with van der Waals surface area (Å²) < 4.78 is 23.3. The fourth-order valence-corrected chi connectivity index (χ4v) is 2.78. The number of anilines is 1. The Kier molecular flexibility index (Phi) is 4.37. The zero-order valence-corrected chi connectivity index (χ0v) is 13.9. The number of rotatable bonds is 3. The van der Waals surface area contributed by atoms with Crippen molar-refractivity contribution < 1.29 is 13.2 Å². The summed E-state index contributed by atoms with van der Waals surface area (Å²) in [5, 5.41) is 2.85. The van der Waals surface area contributed by atoms with Gasteiger partial charge in [0.1, 0.15) is 0 Å². The van der Waals surface area contributed by atoms with Crippen LogP contribution in [0.5, 0.6) is 0 Å². The number of aryl methyl sites for hydroxylation is 3. The Bertz CT molecular complexity index is 839. The fraction of sp³-hybridized carbons (Fsp3) is 0.235. The molecule has 0 saturated heterocycles. The van der Waals surface area contributed by atoms with E-state index in [1.165, 1.54) is 12.1 Å². The van der Waals surface area contributed by atoms with Crippen LogP contribution in [0.15, 0.2) is 41.3 Å². The highest BCUT2D eigenvalue weighted by molar-refractivity contribution is 7.90. The van der Waals surface area contributed by atoms with Gasteiger partial charge in [-0.25, -0.2) is 8.42 Å². The molecular weight excluding hydrogens is 298 g/mol. The molecule has 22 heavy (non-hydrogen) atoms. The Balaban J connectivity index is 2.39. The quantitative estimate of drug-likeness (QED) is 0.945. The van der Waals surface area contributed by atoms with E-state index in [4.69, 9.17) is 0 Å². The number of carbonyl (C=O) groups excluding carboxylic acids is 1. The van der Waals surface area contributed by atoms with Crippen molar-refractivity contribution in [2.75, 3.05) is 11.6 Å². The van der Waals surface area contributed by atoms with E-state index in [-0.39, 0.29) is 10.8 Å². The molecule has 4 nitrogen and oxygen atoms in total. The summed E-state index contributed by atoms with van der Waals surface area (Å²) >= 11 is 0. The first kappa shape index (κ1) is 16.2. The molecule has 116 valence electrons. The van der Waals surface area contributed by atoms with Gasteiger partial charge in [0.15, 0.2) is 9.84 Å². The van der Waals surface area contributed by atoms with Gasteiger partial charge in [-0.3, -0.25) is 4.79 Å². The first-order chi connectivity index (χ1) is 10.2. The van der Waals surface area contributed by atoms with Crippen LogP contribution in [0.1, 0.15) is 27.0 Å². The van der Waals surface area contributed by atoms with Crippen molar-refractivity contribution >= 4 is 21.4 Å². The van der Waals surface area contributed by atoms with Crippen molar-refractivity contribution in [1.29, 1.82) is 0 Å². The molecular formula is C17H19NO3S. The molecule has 0 spiro atoms. The Labute approximate surface area is 131 Å². The number of amides is 1. The summed E-state index contributed by atoms with van der Waals surface area (Å²) in [7, 11) is -3.34. The van der Waals surface area contributed by atoms with Crippen molar-refractivity contribution in [3.63, 3.8) is 0 Å². The standard InChI is InChI=1S/C17H19NO3S/c1-11-5-6-13(3)16(9-11)18-17(19)15-10-14(22(4,20)21)8-7-12(15)2/h5-10H,1-4H3,(H,18,19). The molecule has 0 heterocycles. The normalized spacial score (nSPS) is 11.3. The highest BCUT2D eigenvalue weighted by Crippen LogP contribution is 2.20. The van der Waals surface area contributed by atoms with Crippen LogP contribution in [-0.2, 0) is 9.84 Å². The molecule has 0 saturated carbocycles. The lowest BCUT2D eigenvalue weighted by atomic mass is 10.1. The van der Waals surface area contributed by atoms with Gasteiger partial charge < -0.3 is 5.32 Å². The SMILES string of the molecule is Cc1ccc(C)c(NC(=O)c2cc(S(C)(=O)=O)ccc2C)c1. The smallest absolute Gasteiger partial charge is 0.255 e. The maximum atomic E-state index is 12.5. The van der Waals surface area contributed by atoms with E-state index < -0.39 is 9.84 Å². The Morgan fingerprint density at radius 3 is 2.23 bits per heavy atom. The monoisotopic (exact) mass is 317 g/mol. The third kappa shape index (κ3) is 3.54.